The van der Waals surface area contributed by atoms with Gasteiger partial charge in [0.1, 0.15) is 0 Å². The normalized spacial score (nSPS) is 14.4. The Morgan fingerprint density at radius 3 is 1.15 bits per heavy atom. The number of thiol groups is 2. The zero-order valence-electron chi connectivity index (χ0n) is 13.9. The van der Waals surface area contributed by atoms with Gasteiger partial charge in [0.05, 0.1) is 0 Å². The van der Waals surface area contributed by atoms with Gasteiger partial charge in [-0.1, -0.05) is 90.9 Å². The highest BCUT2D eigenvalue weighted by Gasteiger charge is 2.13. The molecule has 0 heterocycles. The van der Waals surface area contributed by atoms with Gasteiger partial charge in [-0.3, -0.25) is 0 Å². The molecule has 0 aliphatic carbocycles. The molecule has 0 spiro atoms. The molecule has 0 amide bonds. The maximum atomic E-state index is 4.75. The molecule has 0 saturated heterocycles. The van der Waals surface area contributed by atoms with E-state index in [1.165, 1.54) is 89.9 Å². The Morgan fingerprint density at radius 1 is 0.500 bits per heavy atom. The highest BCUT2D eigenvalue weighted by Crippen LogP contribution is 2.22. The van der Waals surface area contributed by atoms with Crippen molar-refractivity contribution in [2.75, 3.05) is 0 Å². The van der Waals surface area contributed by atoms with Crippen molar-refractivity contribution in [3.63, 3.8) is 0 Å². The van der Waals surface area contributed by atoms with E-state index in [1.807, 2.05) is 0 Å². The first-order valence-corrected chi connectivity index (χ1v) is 10.1. The fraction of sp³-hybridized carbons (Fsp3) is 1.00. The number of rotatable bonds is 15. The van der Waals surface area contributed by atoms with Crippen molar-refractivity contribution in [1.82, 2.24) is 0 Å². The molecule has 0 aliphatic rings. The van der Waals surface area contributed by atoms with Gasteiger partial charge in [-0.25, -0.2) is 0 Å². The van der Waals surface area contributed by atoms with Gasteiger partial charge >= 0.3 is 0 Å². The Kier molecular flexibility index (Phi) is 16.6. The molecule has 2 heteroatoms. The van der Waals surface area contributed by atoms with E-state index in [1.54, 1.807) is 0 Å². The van der Waals surface area contributed by atoms with E-state index in [4.69, 9.17) is 25.3 Å². The van der Waals surface area contributed by atoms with Gasteiger partial charge < -0.3 is 0 Å². The minimum atomic E-state index is 0.500. The van der Waals surface area contributed by atoms with Crippen LogP contribution in [0, 0.1) is 0 Å². The van der Waals surface area contributed by atoms with Crippen LogP contribution in [0.1, 0.15) is 104 Å². The second-order valence-electron chi connectivity index (χ2n) is 6.25. The molecule has 0 aromatic rings. The molecular weight excluding hydrogens is 280 g/mol. The average molecular weight is 319 g/mol. The van der Waals surface area contributed by atoms with Gasteiger partial charge in [-0.15, -0.1) is 0 Å². The van der Waals surface area contributed by atoms with Gasteiger partial charge in [0.15, 0.2) is 0 Å². The summed E-state index contributed by atoms with van der Waals surface area (Å²) < 4.78 is 0. The Bertz CT molecular complexity index is 162. The second-order valence-corrected chi connectivity index (χ2v) is 7.57. The van der Waals surface area contributed by atoms with Crippen molar-refractivity contribution < 1.29 is 0 Å². The summed E-state index contributed by atoms with van der Waals surface area (Å²) in [7, 11) is 0. The van der Waals surface area contributed by atoms with Crippen LogP contribution in [0.4, 0.5) is 0 Å². The second kappa shape index (κ2) is 16.1. The van der Waals surface area contributed by atoms with Crippen molar-refractivity contribution in [2.24, 2.45) is 0 Å². The minimum Gasteiger partial charge on any atom is -0.175 e. The van der Waals surface area contributed by atoms with Crippen LogP contribution in [-0.4, -0.2) is 10.5 Å². The number of unbranched alkanes of at least 4 members (excludes halogenated alkanes) is 10. The van der Waals surface area contributed by atoms with E-state index in [-0.39, 0.29) is 0 Å². The molecule has 0 fully saturated rings. The van der Waals surface area contributed by atoms with Crippen molar-refractivity contribution in [3.8, 4) is 0 Å². The van der Waals surface area contributed by atoms with Crippen LogP contribution in [0.25, 0.3) is 0 Å². The average Bonchev–Trinajstić information content (AvgIpc) is 2.45. The van der Waals surface area contributed by atoms with Crippen LogP contribution < -0.4 is 0 Å². The summed E-state index contributed by atoms with van der Waals surface area (Å²) in [6.45, 7) is 4.55. The highest BCUT2D eigenvalue weighted by atomic mass is 32.1. The Labute approximate surface area is 139 Å². The lowest BCUT2D eigenvalue weighted by Crippen LogP contribution is -2.15. The lowest BCUT2D eigenvalue weighted by atomic mass is 10.0. The lowest BCUT2D eigenvalue weighted by molar-refractivity contribution is 0.547. The number of hydrogen-bond donors (Lipinski definition) is 2. The Morgan fingerprint density at radius 2 is 0.800 bits per heavy atom. The first-order valence-electron chi connectivity index (χ1n) is 9.08. The van der Waals surface area contributed by atoms with Crippen LogP contribution in [0.5, 0.6) is 0 Å². The summed E-state index contributed by atoms with van der Waals surface area (Å²) in [5.41, 5.74) is 0. The van der Waals surface area contributed by atoms with Gasteiger partial charge in [-0.2, -0.15) is 25.3 Å². The molecular formula is C18H38S2. The standard InChI is InChI=1S/C18H38S2/c1-3-5-7-9-11-13-15-17(19)18(20)16-14-12-10-8-6-4-2/h17-20H,3-16H2,1-2H3/t17-,18-/m1/s1. The van der Waals surface area contributed by atoms with E-state index in [2.05, 4.69) is 13.8 Å². The summed E-state index contributed by atoms with van der Waals surface area (Å²) >= 11 is 9.50. The van der Waals surface area contributed by atoms with Crippen LogP contribution in [0.2, 0.25) is 0 Å². The monoisotopic (exact) mass is 318 g/mol. The van der Waals surface area contributed by atoms with E-state index in [0.717, 1.165) is 0 Å². The lowest BCUT2D eigenvalue weighted by Gasteiger charge is -2.18. The number of hydrogen-bond acceptors (Lipinski definition) is 2. The first-order chi connectivity index (χ1) is 9.72. The fourth-order valence-electron chi connectivity index (χ4n) is 2.65. The summed E-state index contributed by atoms with van der Waals surface area (Å²) in [4.78, 5) is 0. The predicted molar refractivity (Wildman–Crippen MR) is 102 cm³/mol. The van der Waals surface area contributed by atoms with Gasteiger partial charge in [-0.05, 0) is 12.8 Å². The summed E-state index contributed by atoms with van der Waals surface area (Å²) in [5.74, 6) is 0. The van der Waals surface area contributed by atoms with Gasteiger partial charge in [0.2, 0.25) is 0 Å². The molecule has 0 nitrogen and oxygen atoms in total. The molecule has 0 N–H and O–H groups in total. The minimum absolute atomic E-state index is 0.500. The maximum Gasteiger partial charge on any atom is 0.0133 e. The smallest absolute Gasteiger partial charge is 0.0133 e. The van der Waals surface area contributed by atoms with Crippen LogP contribution in [0.3, 0.4) is 0 Å². The van der Waals surface area contributed by atoms with Crippen molar-refractivity contribution in [2.45, 2.75) is 114 Å². The van der Waals surface area contributed by atoms with Crippen LogP contribution in [0.15, 0.2) is 0 Å². The van der Waals surface area contributed by atoms with Gasteiger partial charge in [0, 0.05) is 10.5 Å². The van der Waals surface area contributed by atoms with Gasteiger partial charge in [0.25, 0.3) is 0 Å². The van der Waals surface area contributed by atoms with Crippen molar-refractivity contribution in [3.05, 3.63) is 0 Å². The third-order valence-corrected chi connectivity index (χ3v) is 5.62. The predicted octanol–water partition coefficient (Wildman–Crippen LogP) is 7.08. The first kappa shape index (κ1) is 20.7. The molecule has 2 atom stereocenters. The highest BCUT2D eigenvalue weighted by molar-refractivity contribution is 7.85. The third-order valence-electron chi connectivity index (χ3n) is 4.15. The molecule has 0 aliphatic heterocycles. The Balaban J connectivity index is 3.35. The molecule has 0 unspecified atom stereocenters. The SMILES string of the molecule is CCCCCCCC[C@@H](S)[C@H](S)CCCCCCCC. The van der Waals surface area contributed by atoms with E-state index >= 15 is 0 Å². The van der Waals surface area contributed by atoms with Crippen molar-refractivity contribution >= 4 is 25.3 Å². The molecule has 122 valence electrons. The zero-order valence-corrected chi connectivity index (χ0v) is 15.7. The Hall–Kier alpha value is 0.700. The van der Waals surface area contributed by atoms with E-state index in [0.29, 0.717) is 10.5 Å². The third kappa shape index (κ3) is 13.7. The topological polar surface area (TPSA) is 0 Å². The van der Waals surface area contributed by atoms with Crippen LogP contribution in [-0.2, 0) is 0 Å². The fourth-order valence-corrected chi connectivity index (χ4v) is 3.32. The molecule has 0 saturated carbocycles. The molecule has 0 radical (unpaired) electrons. The summed E-state index contributed by atoms with van der Waals surface area (Å²) in [5, 5.41) is 1.00. The molecule has 0 aromatic carbocycles. The van der Waals surface area contributed by atoms with Crippen molar-refractivity contribution in [1.29, 1.82) is 0 Å². The zero-order chi connectivity index (χ0) is 15.1. The molecule has 0 bridgehead atoms. The molecule has 0 aromatic heterocycles. The summed E-state index contributed by atoms with van der Waals surface area (Å²) in [6.07, 6.45) is 19.1. The quantitative estimate of drug-likeness (QED) is 0.234. The van der Waals surface area contributed by atoms with E-state index < -0.39 is 0 Å². The molecule has 0 rings (SSSR count). The largest absolute Gasteiger partial charge is 0.175 e. The molecule has 20 heavy (non-hydrogen) atoms. The maximum absolute atomic E-state index is 4.75. The van der Waals surface area contributed by atoms with E-state index in [9.17, 15) is 0 Å². The summed E-state index contributed by atoms with van der Waals surface area (Å²) in [6, 6.07) is 0. The van der Waals surface area contributed by atoms with Crippen LogP contribution >= 0.6 is 25.3 Å².